The van der Waals surface area contributed by atoms with Crippen molar-refractivity contribution in [1.82, 2.24) is 5.32 Å². The summed E-state index contributed by atoms with van der Waals surface area (Å²) in [5.41, 5.74) is 1.70. The van der Waals surface area contributed by atoms with Crippen LogP contribution in [0.15, 0.2) is 41.0 Å². The van der Waals surface area contributed by atoms with Gasteiger partial charge in [-0.25, -0.2) is 4.79 Å². The maximum Gasteiger partial charge on any atom is 0.344 e. The number of carbonyl (C=O) groups excluding carboxylic acids is 3. The highest BCUT2D eigenvalue weighted by Crippen LogP contribution is 2.26. The van der Waals surface area contributed by atoms with Crippen LogP contribution >= 0.6 is 0 Å². The summed E-state index contributed by atoms with van der Waals surface area (Å²) < 4.78 is 15.5. The monoisotopic (exact) mass is 372 g/mol. The minimum atomic E-state index is -0.651. The van der Waals surface area contributed by atoms with Crippen LogP contribution in [0.2, 0.25) is 0 Å². The molecule has 1 aliphatic heterocycles. The van der Waals surface area contributed by atoms with Gasteiger partial charge in [-0.05, 0) is 49.2 Å². The molecule has 2 heterocycles. The molecule has 8 heteroatoms. The molecule has 1 aliphatic rings. The van der Waals surface area contributed by atoms with Gasteiger partial charge in [0.15, 0.2) is 13.2 Å². The van der Waals surface area contributed by atoms with Crippen LogP contribution in [0.1, 0.15) is 30.7 Å². The molecule has 0 saturated heterocycles. The number of carbonyl (C=O) groups is 3. The number of aryl methyl sites for hydroxylation is 1. The minimum Gasteiger partial charge on any atom is -0.482 e. The zero-order valence-corrected chi connectivity index (χ0v) is 14.8. The summed E-state index contributed by atoms with van der Waals surface area (Å²) in [5.74, 6) is 0.0114. The van der Waals surface area contributed by atoms with Gasteiger partial charge in [0.2, 0.25) is 5.91 Å². The van der Waals surface area contributed by atoms with E-state index in [0.29, 0.717) is 24.4 Å². The number of ether oxygens (including phenoxy) is 2. The third-order valence-corrected chi connectivity index (χ3v) is 4.04. The van der Waals surface area contributed by atoms with Crippen LogP contribution in [-0.2, 0) is 25.5 Å². The first-order chi connectivity index (χ1) is 13.0. The average molecular weight is 372 g/mol. The van der Waals surface area contributed by atoms with E-state index < -0.39 is 18.5 Å². The number of amides is 2. The minimum absolute atomic E-state index is 0.0145. The van der Waals surface area contributed by atoms with E-state index in [1.807, 2.05) is 0 Å². The van der Waals surface area contributed by atoms with E-state index >= 15 is 0 Å². The third kappa shape index (κ3) is 5.10. The smallest absolute Gasteiger partial charge is 0.344 e. The summed E-state index contributed by atoms with van der Waals surface area (Å²) in [6.45, 7) is 1.05. The Bertz CT molecular complexity index is 831. The predicted octanol–water partition coefficient (Wildman–Crippen LogP) is 1.96. The number of furan rings is 1. The van der Waals surface area contributed by atoms with Crippen molar-refractivity contribution in [2.45, 2.75) is 25.8 Å². The normalized spacial score (nSPS) is 13.9. The topological polar surface area (TPSA) is 107 Å². The van der Waals surface area contributed by atoms with Crippen LogP contribution < -0.4 is 15.4 Å². The lowest BCUT2D eigenvalue weighted by Gasteiger charge is -2.17. The molecule has 1 unspecified atom stereocenters. The van der Waals surface area contributed by atoms with E-state index in [9.17, 15) is 14.4 Å². The SMILES string of the molecule is CC(NC(=O)COC(=O)COc1ccc2c(c1)CCC(=O)N2)c1ccco1. The Morgan fingerprint density at radius 1 is 1.26 bits per heavy atom. The zero-order valence-electron chi connectivity index (χ0n) is 14.8. The molecule has 0 bridgehead atoms. The Kier molecular flexibility index (Phi) is 5.75. The van der Waals surface area contributed by atoms with Gasteiger partial charge >= 0.3 is 5.97 Å². The lowest BCUT2D eigenvalue weighted by atomic mass is 10.0. The Morgan fingerprint density at radius 2 is 2.11 bits per heavy atom. The van der Waals surface area contributed by atoms with Gasteiger partial charge in [-0.1, -0.05) is 0 Å². The van der Waals surface area contributed by atoms with E-state index in [0.717, 1.165) is 11.3 Å². The highest BCUT2D eigenvalue weighted by Gasteiger charge is 2.16. The second-order valence-corrected chi connectivity index (χ2v) is 6.12. The zero-order chi connectivity index (χ0) is 19.2. The summed E-state index contributed by atoms with van der Waals surface area (Å²) >= 11 is 0. The first kappa shape index (κ1) is 18.5. The van der Waals surface area contributed by atoms with E-state index in [2.05, 4.69) is 10.6 Å². The molecule has 0 spiro atoms. The summed E-state index contributed by atoms with van der Waals surface area (Å²) in [6.07, 6.45) is 2.56. The Balaban J connectivity index is 1.41. The molecule has 1 aromatic carbocycles. The van der Waals surface area contributed by atoms with Crippen molar-refractivity contribution in [3.05, 3.63) is 47.9 Å². The lowest BCUT2D eigenvalue weighted by Crippen LogP contribution is -2.31. The number of anilines is 1. The molecule has 1 aromatic heterocycles. The van der Waals surface area contributed by atoms with Crippen LogP contribution in [0.3, 0.4) is 0 Å². The fourth-order valence-corrected chi connectivity index (χ4v) is 2.67. The highest BCUT2D eigenvalue weighted by atomic mass is 16.6. The lowest BCUT2D eigenvalue weighted by molar-refractivity contribution is -0.150. The number of benzene rings is 1. The molecule has 1 atom stereocenters. The van der Waals surface area contributed by atoms with Crippen LogP contribution in [0.4, 0.5) is 5.69 Å². The number of fused-ring (bicyclic) bond motifs is 1. The Hall–Kier alpha value is -3.29. The van der Waals surface area contributed by atoms with Crippen LogP contribution in [0, 0.1) is 0 Å². The van der Waals surface area contributed by atoms with Crippen molar-refractivity contribution in [3.63, 3.8) is 0 Å². The molecule has 2 N–H and O–H groups in total. The number of hydrogen-bond donors (Lipinski definition) is 2. The Labute approximate surface area is 155 Å². The van der Waals surface area contributed by atoms with Crippen molar-refractivity contribution in [2.75, 3.05) is 18.5 Å². The molecular formula is C19H20N2O6. The molecule has 3 rings (SSSR count). The predicted molar refractivity (Wildman–Crippen MR) is 95.1 cm³/mol. The van der Waals surface area contributed by atoms with E-state index in [1.54, 1.807) is 37.3 Å². The standard InChI is InChI=1S/C19H20N2O6/c1-12(16-3-2-8-25-16)20-18(23)10-27-19(24)11-26-14-5-6-15-13(9-14)4-7-17(22)21-15/h2-3,5-6,8-9,12H,4,7,10-11H2,1H3,(H,20,23)(H,21,22). The molecule has 2 amide bonds. The van der Waals surface area contributed by atoms with E-state index in [1.165, 1.54) is 6.26 Å². The fraction of sp³-hybridized carbons (Fsp3) is 0.316. The molecule has 142 valence electrons. The maximum absolute atomic E-state index is 11.8. The first-order valence-electron chi connectivity index (χ1n) is 8.55. The molecule has 0 radical (unpaired) electrons. The number of esters is 1. The average Bonchev–Trinajstić information content (AvgIpc) is 3.19. The number of nitrogens with one attached hydrogen (secondary N) is 2. The van der Waals surface area contributed by atoms with Crippen LogP contribution in [-0.4, -0.2) is 31.0 Å². The highest BCUT2D eigenvalue weighted by molar-refractivity contribution is 5.94. The summed E-state index contributed by atoms with van der Waals surface area (Å²) in [4.78, 5) is 34.9. The third-order valence-electron chi connectivity index (χ3n) is 4.04. The van der Waals surface area contributed by atoms with Gasteiger partial charge in [-0.3, -0.25) is 9.59 Å². The summed E-state index contributed by atoms with van der Waals surface area (Å²) in [5, 5.41) is 5.44. The molecule has 8 nitrogen and oxygen atoms in total. The second kappa shape index (κ2) is 8.39. The Morgan fingerprint density at radius 3 is 2.89 bits per heavy atom. The summed E-state index contributed by atoms with van der Waals surface area (Å²) in [7, 11) is 0. The largest absolute Gasteiger partial charge is 0.482 e. The van der Waals surface area contributed by atoms with Crippen LogP contribution in [0.5, 0.6) is 5.75 Å². The van der Waals surface area contributed by atoms with Gasteiger partial charge in [0.1, 0.15) is 11.5 Å². The van der Waals surface area contributed by atoms with Crippen molar-refractivity contribution in [2.24, 2.45) is 0 Å². The molecule has 27 heavy (non-hydrogen) atoms. The molecule has 0 fully saturated rings. The number of hydrogen-bond acceptors (Lipinski definition) is 6. The van der Waals surface area contributed by atoms with Crippen LogP contribution in [0.25, 0.3) is 0 Å². The molecule has 2 aromatic rings. The van der Waals surface area contributed by atoms with Gasteiger partial charge in [0.05, 0.1) is 12.3 Å². The first-order valence-corrected chi connectivity index (χ1v) is 8.55. The van der Waals surface area contributed by atoms with Gasteiger partial charge in [-0.2, -0.15) is 0 Å². The van der Waals surface area contributed by atoms with Crippen molar-refractivity contribution in [3.8, 4) is 5.75 Å². The van der Waals surface area contributed by atoms with Gasteiger partial charge < -0.3 is 24.5 Å². The maximum atomic E-state index is 11.8. The van der Waals surface area contributed by atoms with Crippen molar-refractivity contribution >= 4 is 23.5 Å². The number of rotatable bonds is 7. The van der Waals surface area contributed by atoms with E-state index in [-0.39, 0.29) is 18.6 Å². The fourth-order valence-electron chi connectivity index (χ4n) is 2.67. The summed E-state index contributed by atoms with van der Waals surface area (Å²) in [6, 6.07) is 8.32. The van der Waals surface area contributed by atoms with Gasteiger partial charge in [0, 0.05) is 12.1 Å². The second-order valence-electron chi connectivity index (χ2n) is 6.12. The van der Waals surface area contributed by atoms with Crippen molar-refractivity contribution < 1.29 is 28.3 Å². The molecular weight excluding hydrogens is 352 g/mol. The van der Waals surface area contributed by atoms with Crippen molar-refractivity contribution in [1.29, 1.82) is 0 Å². The molecule has 0 aliphatic carbocycles. The quantitative estimate of drug-likeness (QED) is 0.720. The molecule has 0 saturated carbocycles. The van der Waals surface area contributed by atoms with Gasteiger partial charge in [-0.15, -0.1) is 0 Å². The van der Waals surface area contributed by atoms with E-state index in [4.69, 9.17) is 13.9 Å². The van der Waals surface area contributed by atoms with Gasteiger partial charge in [0.25, 0.3) is 5.91 Å².